The van der Waals surface area contributed by atoms with Crippen LogP contribution in [0.15, 0.2) is 18.2 Å². The minimum Gasteiger partial charge on any atom is -0.504 e. The number of ether oxygens (including phenoxy) is 4. The lowest BCUT2D eigenvalue weighted by molar-refractivity contribution is -0.134. The molecule has 1 N–H and O–H groups in total. The largest absolute Gasteiger partial charge is 0.504 e. The molecule has 1 aromatic rings. The minimum atomic E-state index is -0.512. The molecule has 1 saturated heterocycles. The molecule has 1 aromatic carbocycles. The Morgan fingerprint density at radius 2 is 2.05 bits per heavy atom. The van der Waals surface area contributed by atoms with E-state index in [-0.39, 0.29) is 11.5 Å². The Balaban J connectivity index is 2.35. The number of benzene rings is 1. The van der Waals surface area contributed by atoms with Crippen molar-refractivity contribution in [2.75, 3.05) is 27.4 Å². The van der Waals surface area contributed by atoms with Gasteiger partial charge in [-0.15, -0.1) is 0 Å². The van der Waals surface area contributed by atoms with E-state index in [0.29, 0.717) is 24.3 Å². The topological polar surface area (TPSA) is 74.2 Å². The zero-order valence-corrected chi connectivity index (χ0v) is 11.3. The summed E-state index contributed by atoms with van der Waals surface area (Å²) in [6.45, 7) is 1.03. The van der Waals surface area contributed by atoms with Gasteiger partial charge in [0.1, 0.15) is 0 Å². The van der Waals surface area contributed by atoms with Crippen LogP contribution in [0.25, 0.3) is 6.08 Å². The Bertz CT molecular complexity index is 517. The van der Waals surface area contributed by atoms with Gasteiger partial charge >= 0.3 is 5.97 Å². The van der Waals surface area contributed by atoms with E-state index in [1.165, 1.54) is 26.4 Å². The smallest absolute Gasteiger partial charge is 0.330 e. The van der Waals surface area contributed by atoms with Crippen molar-refractivity contribution < 1.29 is 28.8 Å². The normalized spacial score (nSPS) is 15.7. The number of rotatable bonds is 4. The van der Waals surface area contributed by atoms with Gasteiger partial charge in [0.15, 0.2) is 17.8 Å². The number of phenols is 1. The highest BCUT2D eigenvalue weighted by molar-refractivity contribution is 5.87. The monoisotopic (exact) mass is 280 g/mol. The predicted octanol–water partition coefficient (Wildman–Crippen LogP) is 1.63. The molecule has 0 amide bonds. The second kappa shape index (κ2) is 6.40. The van der Waals surface area contributed by atoms with Gasteiger partial charge < -0.3 is 24.1 Å². The lowest BCUT2D eigenvalue weighted by Crippen LogP contribution is -2.00. The van der Waals surface area contributed by atoms with Crippen molar-refractivity contribution in [3.05, 3.63) is 29.3 Å². The molecule has 0 spiro atoms. The van der Waals surface area contributed by atoms with Crippen LogP contribution in [0.2, 0.25) is 0 Å². The van der Waals surface area contributed by atoms with Gasteiger partial charge in [-0.2, -0.15) is 0 Å². The van der Waals surface area contributed by atoms with Crippen LogP contribution in [0.5, 0.6) is 11.5 Å². The molecule has 0 unspecified atom stereocenters. The maximum atomic E-state index is 11.1. The van der Waals surface area contributed by atoms with Crippen molar-refractivity contribution in [3.63, 3.8) is 0 Å². The van der Waals surface area contributed by atoms with Gasteiger partial charge in [-0.25, -0.2) is 4.79 Å². The first-order chi connectivity index (χ1) is 9.65. The minimum absolute atomic E-state index is 0.0607. The molecule has 1 aliphatic rings. The molecule has 0 atom stereocenters. The van der Waals surface area contributed by atoms with E-state index in [0.717, 1.165) is 0 Å². The molecule has 0 saturated carbocycles. The fourth-order valence-corrected chi connectivity index (χ4v) is 1.85. The summed E-state index contributed by atoms with van der Waals surface area (Å²) in [5.74, 6) is -0.289. The molecular weight excluding hydrogens is 264 g/mol. The first-order valence-corrected chi connectivity index (χ1v) is 6.06. The summed E-state index contributed by atoms with van der Waals surface area (Å²) in [6, 6.07) is 3.31. The summed E-state index contributed by atoms with van der Waals surface area (Å²) in [4.78, 5) is 11.1. The van der Waals surface area contributed by atoms with E-state index in [9.17, 15) is 9.90 Å². The third-order valence-electron chi connectivity index (χ3n) is 2.84. The molecule has 0 radical (unpaired) electrons. The van der Waals surface area contributed by atoms with Crippen LogP contribution in [0.1, 0.15) is 17.4 Å². The number of hydrogen-bond donors (Lipinski definition) is 1. The van der Waals surface area contributed by atoms with E-state index >= 15 is 0 Å². The first kappa shape index (κ1) is 14.4. The van der Waals surface area contributed by atoms with E-state index in [2.05, 4.69) is 4.74 Å². The number of methoxy groups -OCH3 is 2. The Hall–Kier alpha value is -2.05. The van der Waals surface area contributed by atoms with Gasteiger partial charge in [0, 0.05) is 17.2 Å². The second-order valence-corrected chi connectivity index (χ2v) is 4.09. The lowest BCUT2D eigenvalue weighted by Gasteiger charge is -2.13. The standard InChI is InChI=1S/C14H16O6/c1-17-11-8-10(14-19-5-6-20-14)7-9(13(11)16)3-4-12(15)18-2/h3-4,7-8,14,16H,5-6H2,1-2H3/b4-3+. The van der Waals surface area contributed by atoms with Crippen molar-refractivity contribution >= 4 is 12.0 Å². The van der Waals surface area contributed by atoms with Crippen LogP contribution < -0.4 is 4.74 Å². The van der Waals surface area contributed by atoms with E-state index in [1.807, 2.05) is 0 Å². The highest BCUT2D eigenvalue weighted by Gasteiger charge is 2.21. The molecule has 0 bridgehead atoms. The molecule has 108 valence electrons. The van der Waals surface area contributed by atoms with Gasteiger partial charge in [0.2, 0.25) is 0 Å². The molecule has 1 fully saturated rings. The van der Waals surface area contributed by atoms with Crippen molar-refractivity contribution in [2.45, 2.75) is 6.29 Å². The Kier molecular flexibility index (Phi) is 4.60. The Morgan fingerprint density at radius 1 is 1.35 bits per heavy atom. The number of hydrogen-bond acceptors (Lipinski definition) is 6. The van der Waals surface area contributed by atoms with E-state index in [4.69, 9.17) is 14.2 Å². The number of carbonyl (C=O) groups is 1. The molecule has 1 aliphatic heterocycles. The zero-order chi connectivity index (χ0) is 14.5. The molecule has 0 aliphatic carbocycles. The fourth-order valence-electron chi connectivity index (χ4n) is 1.85. The number of aromatic hydroxyl groups is 1. The average Bonchev–Trinajstić information content (AvgIpc) is 3.00. The molecule has 2 rings (SSSR count). The average molecular weight is 280 g/mol. The highest BCUT2D eigenvalue weighted by Crippen LogP contribution is 2.36. The molecule has 0 aromatic heterocycles. The maximum Gasteiger partial charge on any atom is 0.330 e. The quantitative estimate of drug-likeness (QED) is 0.667. The molecule has 20 heavy (non-hydrogen) atoms. The summed E-state index contributed by atoms with van der Waals surface area (Å²) in [5.41, 5.74) is 1.13. The van der Waals surface area contributed by atoms with E-state index in [1.54, 1.807) is 12.1 Å². The summed E-state index contributed by atoms with van der Waals surface area (Å²) in [7, 11) is 2.73. The number of phenolic OH excluding ortho intramolecular Hbond substituents is 1. The van der Waals surface area contributed by atoms with E-state index < -0.39 is 12.3 Å². The van der Waals surface area contributed by atoms with Crippen molar-refractivity contribution in [1.82, 2.24) is 0 Å². The second-order valence-electron chi connectivity index (χ2n) is 4.09. The molecular formula is C14H16O6. The Morgan fingerprint density at radius 3 is 2.65 bits per heavy atom. The van der Waals surface area contributed by atoms with Gasteiger partial charge in [-0.05, 0) is 18.2 Å². The number of carbonyl (C=O) groups excluding carboxylic acids is 1. The third-order valence-corrected chi connectivity index (χ3v) is 2.84. The van der Waals surface area contributed by atoms with Gasteiger partial charge in [-0.3, -0.25) is 0 Å². The molecule has 6 nitrogen and oxygen atoms in total. The van der Waals surface area contributed by atoms with Crippen LogP contribution in [-0.4, -0.2) is 38.5 Å². The van der Waals surface area contributed by atoms with Crippen LogP contribution in [-0.2, 0) is 19.0 Å². The lowest BCUT2D eigenvalue weighted by atomic mass is 10.1. The van der Waals surface area contributed by atoms with Crippen LogP contribution in [0.3, 0.4) is 0 Å². The van der Waals surface area contributed by atoms with Crippen molar-refractivity contribution in [3.8, 4) is 11.5 Å². The van der Waals surface area contributed by atoms with Crippen molar-refractivity contribution in [1.29, 1.82) is 0 Å². The zero-order valence-electron chi connectivity index (χ0n) is 11.3. The van der Waals surface area contributed by atoms with Gasteiger partial charge in [0.25, 0.3) is 0 Å². The fraction of sp³-hybridized carbons (Fsp3) is 0.357. The third kappa shape index (κ3) is 3.09. The molecule has 6 heteroatoms. The predicted molar refractivity (Wildman–Crippen MR) is 70.4 cm³/mol. The van der Waals surface area contributed by atoms with Gasteiger partial charge in [0.05, 0.1) is 27.4 Å². The van der Waals surface area contributed by atoms with Crippen LogP contribution in [0, 0.1) is 0 Å². The maximum absolute atomic E-state index is 11.1. The highest BCUT2D eigenvalue weighted by atomic mass is 16.7. The first-order valence-electron chi connectivity index (χ1n) is 6.06. The molecule has 1 heterocycles. The summed E-state index contributed by atoms with van der Waals surface area (Å²) in [5, 5.41) is 10.0. The summed E-state index contributed by atoms with van der Waals surface area (Å²) >= 11 is 0. The summed E-state index contributed by atoms with van der Waals surface area (Å²) < 4.78 is 20.4. The van der Waals surface area contributed by atoms with Gasteiger partial charge in [-0.1, -0.05) is 0 Å². The Labute approximate surface area is 116 Å². The van der Waals surface area contributed by atoms with Crippen LogP contribution in [0.4, 0.5) is 0 Å². The van der Waals surface area contributed by atoms with Crippen LogP contribution >= 0.6 is 0 Å². The van der Waals surface area contributed by atoms with Crippen molar-refractivity contribution in [2.24, 2.45) is 0 Å². The summed E-state index contributed by atoms with van der Waals surface area (Å²) in [6.07, 6.45) is 2.17. The number of esters is 1. The SMILES string of the molecule is COC(=O)/C=C/c1cc(C2OCCO2)cc(OC)c1O.